The van der Waals surface area contributed by atoms with Gasteiger partial charge in [0, 0.05) is 0 Å². The minimum absolute atomic E-state index is 0.186. The van der Waals surface area contributed by atoms with Crippen LogP contribution in [-0.4, -0.2) is 49.9 Å². The molecule has 132 valence electrons. The SMILES string of the molecule is O=CC1(S(=O)(=O)O)C(S(=O)(=O)O)=Cc2ccccc2C1S(=O)(=O)O. The third kappa shape index (κ3) is 2.68. The van der Waals surface area contributed by atoms with Crippen LogP contribution in [0.4, 0.5) is 0 Å². The van der Waals surface area contributed by atoms with Gasteiger partial charge in [-0.25, -0.2) is 0 Å². The van der Waals surface area contributed by atoms with E-state index in [2.05, 4.69) is 0 Å². The number of carbonyl (C=O) groups excluding carboxylic acids is 1. The van der Waals surface area contributed by atoms with Gasteiger partial charge in [-0.2, -0.15) is 25.3 Å². The van der Waals surface area contributed by atoms with Crippen molar-refractivity contribution >= 4 is 42.7 Å². The Hall–Kier alpha value is -1.64. The van der Waals surface area contributed by atoms with Gasteiger partial charge < -0.3 is 4.79 Å². The van der Waals surface area contributed by atoms with Crippen LogP contribution in [0.3, 0.4) is 0 Å². The van der Waals surface area contributed by atoms with Gasteiger partial charge in [-0.15, -0.1) is 0 Å². The molecule has 2 unspecified atom stereocenters. The Morgan fingerprint density at radius 3 is 1.92 bits per heavy atom. The standard InChI is InChI=1S/C11H10O10S3/c12-6-11(24(19,20)21)9(22(13,14)15)5-7-3-1-2-4-8(7)10(11)23(16,17)18/h1-6,10H,(H,13,14,15)(H,16,17,18)(H,19,20,21). The fourth-order valence-electron chi connectivity index (χ4n) is 2.60. The van der Waals surface area contributed by atoms with Crippen molar-refractivity contribution in [2.75, 3.05) is 0 Å². The zero-order valence-electron chi connectivity index (χ0n) is 11.5. The largest absolute Gasteiger partial charge is 0.301 e. The van der Waals surface area contributed by atoms with Crippen LogP contribution in [0.5, 0.6) is 0 Å². The zero-order chi connectivity index (χ0) is 18.6. The third-order valence-electron chi connectivity index (χ3n) is 3.52. The van der Waals surface area contributed by atoms with E-state index in [0.29, 0.717) is 6.08 Å². The van der Waals surface area contributed by atoms with Crippen molar-refractivity contribution in [1.29, 1.82) is 0 Å². The van der Waals surface area contributed by atoms with Gasteiger partial charge in [-0.1, -0.05) is 24.3 Å². The Balaban J connectivity index is 3.17. The lowest BCUT2D eigenvalue weighted by Crippen LogP contribution is -2.53. The lowest BCUT2D eigenvalue weighted by atomic mass is 9.89. The number of rotatable bonds is 4. The fourth-order valence-corrected chi connectivity index (χ4v) is 6.87. The lowest BCUT2D eigenvalue weighted by molar-refractivity contribution is -0.109. The van der Waals surface area contributed by atoms with E-state index >= 15 is 0 Å². The van der Waals surface area contributed by atoms with Crippen LogP contribution < -0.4 is 0 Å². The number of hydrogen-bond donors (Lipinski definition) is 3. The quantitative estimate of drug-likeness (QED) is 0.449. The first-order valence-corrected chi connectivity index (χ1v) is 10.3. The molecule has 3 N–H and O–H groups in total. The van der Waals surface area contributed by atoms with E-state index in [9.17, 15) is 43.7 Å². The summed E-state index contributed by atoms with van der Waals surface area (Å²) in [7, 11) is -16.6. The molecule has 2 atom stereocenters. The highest BCUT2D eigenvalue weighted by Crippen LogP contribution is 2.49. The van der Waals surface area contributed by atoms with Crippen molar-refractivity contribution in [2.24, 2.45) is 0 Å². The van der Waals surface area contributed by atoms with Gasteiger partial charge in [0.25, 0.3) is 30.4 Å². The van der Waals surface area contributed by atoms with Crippen LogP contribution in [0.25, 0.3) is 6.08 Å². The van der Waals surface area contributed by atoms with Gasteiger partial charge in [0.1, 0.15) is 10.2 Å². The second-order valence-electron chi connectivity index (χ2n) is 4.89. The molecule has 10 nitrogen and oxygen atoms in total. The van der Waals surface area contributed by atoms with Crippen LogP contribution in [0.2, 0.25) is 0 Å². The van der Waals surface area contributed by atoms with Crippen LogP contribution in [-0.2, 0) is 35.1 Å². The molecule has 1 aliphatic rings. The summed E-state index contributed by atoms with van der Waals surface area (Å²) in [5, 5.41) is -2.70. The van der Waals surface area contributed by atoms with Gasteiger partial charge in [-0.3, -0.25) is 13.7 Å². The van der Waals surface area contributed by atoms with E-state index in [1.807, 2.05) is 0 Å². The summed E-state index contributed by atoms with van der Waals surface area (Å²) in [6.45, 7) is 0. The summed E-state index contributed by atoms with van der Waals surface area (Å²) in [5.41, 5.74) is -0.633. The lowest BCUT2D eigenvalue weighted by Gasteiger charge is -2.35. The summed E-state index contributed by atoms with van der Waals surface area (Å²) in [6, 6.07) is 4.76. The molecule has 0 heterocycles. The highest BCUT2D eigenvalue weighted by Gasteiger charge is 2.64. The van der Waals surface area contributed by atoms with Crippen molar-refractivity contribution in [3.05, 3.63) is 40.3 Å². The maximum absolute atomic E-state index is 11.8. The Morgan fingerprint density at radius 1 is 0.958 bits per heavy atom. The fraction of sp³-hybridized carbons (Fsp3) is 0.182. The third-order valence-corrected chi connectivity index (χ3v) is 7.43. The predicted octanol–water partition coefficient (Wildman–Crippen LogP) is -0.317. The molecule has 0 aliphatic heterocycles. The number of aldehydes is 1. The maximum atomic E-state index is 11.8. The van der Waals surface area contributed by atoms with Crippen molar-refractivity contribution in [3.8, 4) is 0 Å². The minimum atomic E-state index is -5.76. The van der Waals surface area contributed by atoms with Gasteiger partial charge in [0.05, 0.1) is 0 Å². The number of benzene rings is 1. The minimum Gasteiger partial charge on any atom is -0.301 e. The van der Waals surface area contributed by atoms with Crippen molar-refractivity contribution in [2.45, 2.75) is 10.00 Å². The summed E-state index contributed by atoms with van der Waals surface area (Å²) in [4.78, 5) is 9.93. The zero-order valence-corrected chi connectivity index (χ0v) is 13.9. The first kappa shape index (κ1) is 18.7. The predicted molar refractivity (Wildman–Crippen MR) is 80.6 cm³/mol. The molecule has 1 aromatic carbocycles. The van der Waals surface area contributed by atoms with E-state index in [-0.39, 0.29) is 5.56 Å². The number of fused-ring (bicyclic) bond motifs is 1. The van der Waals surface area contributed by atoms with Gasteiger partial charge >= 0.3 is 0 Å². The molecule has 0 fully saturated rings. The molecule has 0 bridgehead atoms. The first-order valence-electron chi connectivity index (χ1n) is 5.95. The molecule has 13 heteroatoms. The smallest absolute Gasteiger partial charge is 0.292 e. The summed E-state index contributed by atoms with van der Waals surface area (Å²) in [5.74, 6) is 0. The molecular formula is C11H10O10S3. The summed E-state index contributed by atoms with van der Waals surface area (Å²) in [6.07, 6.45) is -0.120. The van der Waals surface area contributed by atoms with Crippen LogP contribution in [0.15, 0.2) is 29.2 Å². The average Bonchev–Trinajstić information content (AvgIpc) is 2.41. The van der Waals surface area contributed by atoms with Crippen molar-refractivity contribution in [1.82, 2.24) is 0 Å². The number of hydrogen-bond acceptors (Lipinski definition) is 7. The molecule has 2 rings (SSSR count). The molecular weight excluding hydrogens is 388 g/mol. The van der Waals surface area contributed by atoms with Crippen molar-refractivity contribution < 1.29 is 43.7 Å². The van der Waals surface area contributed by atoms with Crippen LogP contribution >= 0.6 is 0 Å². The molecule has 0 aromatic heterocycles. The normalized spacial score (nSPS) is 24.8. The van der Waals surface area contributed by atoms with Crippen LogP contribution in [0, 0.1) is 0 Å². The molecule has 1 aromatic rings. The maximum Gasteiger partial charge on any atom is 0.292 e. The van der Waals surface area contributed by atoms with E-state index in [0.717, 1.165) is 12.1 Å². The molecule has 24 heavy (non-hydrogen) atoms. The van der Waals surface area contributed by atoms with Gasteiger partial charge in [-0.05, 0) is 17.2 Å². The second-order valence-corrected chi connectivity index (χ2v) is 9.41. The Labute approximate surface area is 137 Å². The van der Waals surface area contributed by atoms with Crippen molar-refractivity contribution in [3.63, 3.8) is 0 Å². The molecule has 0 spiro atoms. The Morgan fingerprint density at radius 2 is 1.50 bits per heavy atom. The van der Waals surface area contributed by atoms with E-state index < -0.39 is 57.1 Å². The van der Waals surface area contributed by atoms with Gasteiger partial charge in [0.2, 0.25) is 4.75 Å². The summed E-state index contributed by atoms with van der Waals surface area (Å²) >= 11 is 0. The Kier molecular flexibility index (Phi) is 4.23. The molecule has 0 saturated heterocycles. The molecule has 0 amide bonds. The van der Waals surface area contributed by atoms with E-state index in [1.165, 1.54) is 12.1 Å². The van der Waals surface area contributed by atoms with E-state index in [1.54, 1.807) is 0 Å². The molecule has 0 radical (unpaired) electrons. The second kappa shape index (κ2) is 5.44. The average molecular weight is 398 g/mol. The van der Waals surface area contributed by atoms with E-state index in [4.69, 9.17) is 0 Å². The van der Waals surface area contributed by atoms with Crippen LogP contribution in [0.1, 0.15) is 16.4 Å². The monoisotopic (exact) mass is 398 g/mol. The highest BCUT2D eigenvalue weighted by molar-refractivity contribution is 7.95. The number of carbonyl (C=O) groups is 1. The Bertz CT molecular complexity index is 1050. The summed E-state index contributed by atoms with van der Waals surface area (Å²) < 4.78 is 94.7. The first-order chi connectivity index (χ1) is 10.8. The highest BCUT2D eigenvalue weighted by atomic mass is 32.2. The topological polar surface area (TPSA) is 180 Å². The molecule has 1 aliphatic carbocycles. The molecule has 0 saturated carbocycles. The van der Waals surface area contributed by atoms with Gasteiger partial charge in [0.15, 0.2) is 6.29 Å².